The molecule has 0 bridgehead atoms. The summed E-state index contributed by atoms with van der Waals surface area (Å²) in [6, 6.07) is 0.523. The molecule has 4 heteroatoms. The average molecular weight is 189 g/mol. The van der Waals surface area contributed by atoms with E-state index in [9.17, 15) is 0 Å². The molecule has 0 saturated carbocycles. The largest absolute Gasteiger partial charge is 0.375 e. The predicted molar refractivity (Wildman–Crippen MR) is 49.6 cm³/mol. The number of nitrogens with one attached hydrogen (secondary N) is 1. The number of hydrogen-bond donors (Lipinski definition) is 1. The third-order valence-electron chi connectivity index (χ3n) is 2.26. The van der Waals surface area contributed by atoms with E-state index in [1.165, 1.54) is 12.8 Å². The van der Waals surface area contributed by atoms with E-state index in [1.807, 2.05) is 0 Å². The minimum Gasteiger partial charge on any atom is -0.375 e. The third kappa shape index (κ3) is 4.04. The van der Waals surface area contributed by atoms with E-state index in [-0.39, 0.29) is 6.29 Å². The highest BCUT2D eigenvalue weighted by atomic mass is 16.7. The molecule has 1 heterocycles. The van der Waals surface area contributed by atoms with Gasteiger partial charge in [0.1, 0.15) is 0 Å². The molecular weight excluding hydrogens is 170 g/mol. The second kappa shape index (κ2) is 6.32. The van der Waals surface area contributed by atoms with Crippen LogP contribution in [0.3, 0.4) is 0 Å². The van der Waals surface area contributed by atoms with Gasteiger partial charge in [-0.05, 0) is 19.4 Å². The van der Waals surface area contributed by atoms with Crippen molar-refractivity contribution in [3.63, 3.8) is 0 Å². The molecule has 1 saturated heterocycles. The number of ether oxygens (including phenoxy) is 3. The van der Waals surface area contributed by atoms with Gasteiger partial charge in [0.05, 0.1) is 13.2 Å². The predicted octanol–water partition coefficient (Wildman–Crippen LogP) is 0.374. The third-order valence-corrected chi connectivity index (χ3v) is 2.26. The van der Waals surface area contributed by atoms with Crippen LogP contribution in [0.2, 0.25) is 0 Å². The molecule has 0 aromatic carbocycles. The molecular formula is C9H19NO3. The molecule has 1 fully saturated rings. The van der Waals surface area contributed by atoms with Gasteiger partial charge in [-0.3, -0.25) is 0 Å². The van der Waals surface area contributed by atoms with Crippen molar-refractivity contribution in [2.75, 3.05) is 34.0 Å². The van der Waals surface area contributed by atoms with Crippen molar-refractivity contribution in [2.24, 2.45) is 0 Å². The summed E-state index contributed by atoms with van der Waals surface area (Å²) in [6.07, 6.45) is 2.23. The normalized spacial score (nSPS) is 22.8. The van der Waals surface area contributed by atoms with Gasteiger partial charge >= 0.3 is 0 Å². The maximum atomic E-state index is 5.45. The summed E-state index contributed by atoms with van der Waals surface area (Å²) < 4.78 is 15.4. The molecule has 0 aromatic rings. The van der Waals surface area contributed by atoms with Crippen molar-refractivity contribution < 1.29 is 14.2 Å². The Bertz CT molecular complexity index is 120. The lowest BCUT2D eigenvalue weighted by Gasteiger charge is -2.15. The van der Waals surface area contributed by atoms with Gasteiger partial charge < -0.3 is 19.5 Å². The summed E-state index contributed by atoms with van der Waals surface area (Å²) in [5.41, 5.74) is 0. The molecule has 0 aliphatic carbocycles. The van der Waals surface area contributed by atoms with Gasteiger partial charge in [0.25, 0.3) is 0 Å². The first-order valence-corrected chi connectivity index (χ1v) is 4.73. The molecule has 1 aliphatic rings. The Balaban J connectivity index is 1.98. The van der Waals surface area contributed by atoms with Crippen molar-refractivity contribution in [3.05, 3.63) is 0 Å². The second-order valence-corrected chi connectivity index (χ2v) is 3.23. The zero-order valence-electron chi connectivity index (χ0n) is 8.41. The van der Waals surface area contributed by atoms with Gasteiger partial charge in [0.15, 0.2) is 6.29 Å². The Morgan fingerprint density at radius 1 is 1.38 bits per heavy atom. The Hall–Kier alpha value is -0.160. The number of hydrogen-bond acceptors (Lipinski definition) is 4. The van der Waals surface area contributed by atoms with E-state index in [0.29, 0.717) is 12.6 Å². The quantitative estimate of drug-likeness (QED) is 0.613. The first-order valence-electron chi connectivity index (χ1n) is 4.73. The second-order valence-electron chi connectivity index (χ2n) is 3.23. The molecule has 78 valence electrons. The molecule has 1 N–H and O–H groups in total. The van der Waals surface area contributed by atoms with Crippen molar-refractivity contribution in [1.29, 1.82) is 0 Å². The summed E-state index contributed by atoms with van der Waals surface area (Å²) >= 11 is 0. The highest BCUT2D eigenvalue weighted by molar-refractivity contribution is 4.73. The number of methoxy groups -OCH3 is 2. The minimum atomic E-state index is -0.235. The lowest BCUT2D eigenvalue weighted by molar-refractivity contribution is -0.141. The summed E-state index contributed by atoms with van der Waals surface area (Å²) in [4.78, 5) is 0. The summed E-state index contributed by atoms with van der Waals surface area (Å²) in [5, 5.41) is 3.36. The van der Waals surface area contributed by atoms with Crippen LogP contribution >= 0.6 is 0 Å². The van der Waals surface area contributed by atoms with Crippen LogP contribution in [0.4, 0.5) is 0 Å². The zero-order chi connectivity index (χ0) is 9.52. The zero-order valence-corrected chi connectivity index (χ0v) is 8.41. The fourth-order valence-corrected chi connectivity index (χ4v) is 1.44. The van der Waals surface area contributed by atoms with Gasteiger partial charge in [0, 0.05) is 20.3 Å². The van der Waals surface area contributed by atoms with Crippen molar-refractivity contribution in [2.45, 2.75) is 25.2 Å². The average Bonchev–Trinajstić information content (AvgIpc) is 2.65. The van der Waals surface area contributed by atoms with Crippen LogP contribution in [0.25, 0.3) is 0 Å². The van der Waals surface area contributed by atoms with E-state index in [1.54, 1.807) is 14.2 Å². The van der Waals surface area contributed by atoms with E-state index in [0.717, 1.165) is 13.2 Å². The number of rotatable bonds is 6. The molecule has 1 atom stereocenters. The van der Waals surface area contributed by atoms with Gasteiger partial charge in [-0.1, -0.05) is 0 Å². The van der Waals surface area contributed by atoms with E-state index >= 15 is 0 Å². The maximum Gasteiger partial charge on any atom is 0.180 e. The van der Waals surface area contributed by atoms with Crippen LogP contribution in [-0.2, 0) is 14.2 Å². The molecule has 0 radical (unpaired) electrons. The summed E-state index contributed by atoms with van der Waals surface area (Å²) in [7, 11) is 3.23. The Morgan fingerprint density at radius 2 is 2.15 bits per heavy atom. The van der Waals surface area contributed by atoms with Crippen molar-refractivity contribution in [1.82, 2.24) is 5.32 Å². The SMILES string of the molecule is COC(COCC1CCCN1)OC. The van der Waals surface area contributed by atoms with Gasteiger partial charge in [-0.25, -0.2) is 0 Å². The fourth-order valence-electron chi connectivity index (χ4n) is 1.44. The van der Waals surface area contributed by atoms with Crippen LogP contribution < -0.4 is 5.32 Å². The molecule has 1 aliphatic heterocycles. The molecule has 0 aromatic heterocycles. The summed E-state index contributed by atoms with van der Waals surface area (Å²) in [5.74, 6) is 0. The van der Waals surface area contributed by atoms with Crippen LogP contribution in [-0.4, -0.2) is 46.3 Å². The monoisotopic (exact) mass is 189 g/mol. The standard InChI is InChI=1S/C9H19NO3/c1-11-9(12-2)7-13-6-8-4-3-5-10-8/h8-10H,3-7H2,1-2H3. The van der Waals surface area contributed by atoms with Crippen LogP contribution in [0, 0.1) is 0 Å². The van der Waals surface area contributed by atoms with Crippen LogP contribution in [0.5, 0.6) is 0 Å². The molecule has 1 rings (SSSR count). The van der Waals surface area contributed by atoms with Gasteiger partial charge in [0.2, 0.25) is 0 Å². The smallest absolute Gasteiger partial charge is 0.180 e. The topological polar surface area (TPSA) is 39.7 Å². The molecule has 13 heavy (non-hydrogen) atoms. The Labute approximate surface area is 79.5 Å². The molecule has 0 amide bonds. The maximum absolute atomic E-state index is 5.45. The van der Waals surface area contributed by atoms with E-state index in [2.05, 4.69) is 5.32 Å². The molecule has 4 nitrogen and oxygen atoms in total. The summed E-state index contributed by atoms with van der Waals surface area (Å²) in [6.45, 7) is 2.38. The lowest BCUT2D eigenvalue weighted by atomic mass is 10.2. The highest BCUT2D eigenvalue weighted by Gasteiger charge is 2.14. The fraction of sp³-hybridized carbons (Fsp3) is 1.00. The van der Waals surface area contributed by atoms with Crippen molar-refractivity contribution >= 4 is 0 Å². The van der Waals surface area contributed by atoms with Crippen LogP contribution in [0.15, 0.2) is 0 Å². The highest BCUT2D eigenvalue weighted by Crippen LogP contribution is 2.05. The lowest BCUT2D eigenvalue weighted by Crippen LogP contribution is -2.29. The van der Waals surface area contributed by atoms with Crippen molar-refractivity contribution in [3.8, 4) is 0 Å². The molecule has 0 spiro atoms. The first-order chi connectivity index (χ1) is 6.36. The van der Waals surface area contributed by atoms with Gasteiger partial charge in [-0.15, -0.1) is 0 Å². The Morgan fingerprint density at radius 3 is 2.69 bits per heavy atom. The minimum absolute atomic E-state index is 0.235. The Kier molecular flexibility index (Phi) is 5.31. The van der Waals surface area contributed by atoms with E-state index < -0.39 is 0 Å². The van der Waals surface area contributed by atoms with Crippen LogP contribution in [0.1, 0.15) is 12.8 Å². The molecule has 1 unspecified atom stereocenters. The first kappa shape index (κ1) is 10.9. The van der Waals surface area contributed by atoms with E-state index in [4.69, 9.17) is 14.2 Å². The van der Waals surface area contributed by atoms with Gasteiger partial charge in [-0.2, -0.15) is 0 Å².